The Morgan fingerprint density at radius 1 is 0.944 bits per heavy atom. The van der Waals surface area contributed by atoms with E-state index in [-0.39, 0.29) is 0 Å². The number of rotatable bonds is 7. The maximum absolute atomic E-state index is 5.57. The molecule has 0 saturated carbocycles. The molecule has 0 aliphatic rings. The molecule has 93 valence electrons. The van der Waals surface area contributed by atoms with Crippen LogP contribution in [0.15, 0.2) is 54.6 Å². The Morgan fingerprint density at radius 3 is 2.61 bits per heavy atom. The summed E-state index contributed by atoms with van der Waals surface area (Å²) in [5, 5.41) is 0. The molecule has 0 amide bonds. The van der Waals surface area contributed by atoms with E-state index >= 15 is 0 Å². The smallest absolute Gasteiger partial charge is 0.119 e. The highest BCUT2D eigenvalue weighted by atomic mass is 16.5. The summed E-state index contributed by atoms with van der Waals surface area (Å²) < 4.78 is 11.1. The van der Waals surface area contributed by atoms with Crippen molar-refractivity contribution in [3.8, 4) is 5.75 Å². The van der Waals surface area contributed by atoms with Gasteiger partial charge in [-0.1, -0.05) is 42.5 Å². The van der Waals surface area contributed by atoms with Gasteiger partial charge in [0.2, 0.25) is 0 Å². The molecule has 2 rings (SSSR count). The number of hydrogen-bond acceptors (Lipinski definition) is 2. The Balaban J connectivity index is 1.54. The van der Waals surface area contributed by atoms with Crippen molar-refractivity contribution >= 4 is 0 Å². The lowest BCUT2D eigenvalue weighted by Crippen LogP contribution is -2.03. The van der Waals surface area contributed by atoms with E-state index in [0.29, 0.717) is 19.8 Å². The third-order valence-corrected chi connectivity index (χ3v) is 2.49. The molecule has 0 atom stereocenters. The molecule has 2 nitrogen and oxygen atoms in total. The van der Waals surface area contributed by atoms with E-state index in [1.165, 1.54) is 5.56 Å². The van der Waals surface area contributed by atoms with Gasteiger partial charge in [0.05, 0.1) is 19.8 Å². The Morgan fingerprint density at radius 2 is 1.83 bits per heavy atom. The van der Waals surface area contributed by atoms with Crippen LogP contribution in [0, 0.1) is 6.07 Å². The molecule has 0 N–H and O–H groups in total. The molecule has 0 bridgehead atoms. The van der Waals surface area contributed by atoms with Crippen LogP contribution in [0.1, 0.15) is 12.0 Å². The van der Waals surface area contributed by atoms with E-state index in [4.69, 9.17) is 9.47 Å². The minimum Gasteiger partial charge on any atom is -0.493 e. The molecular formula is C16H17O2. The highest BCUT2D eigenvalue weighted by Gasteiger charge is 1.94. The van der Waals surface area contributed by atoms with Gasteiger partial charge in [-0.15, -0.1) is 0 Å². The van der Waals surface area contributed by atoms with Crippen LogP contribution in [0.2, 0.25) is 0 Å². The molecule has 0 aromatic heterocycles. The summed E-state index contributed by atoms with van der Waals surface area (Å²) in [5.74, 6) is 0.862. The molecule has 0 unspecified atom stereocenters. The largest absolute Gasteiger partial charge is 0.493 e. The van der Waals surface area contributed by atoms with Gasteiger partial charge in [0.25, 0.3) is 0 Å². The standard InChI is InChI=1S/C16H17O2/c1-3-8-15(9-4-1)14-17-12-7-13-18-16-10-5-2-6-11-16/h1-5,8-11H,7,12-14H2. The molecule has 2 aromatic carbocycles. The summed E-state index contributed by atoms with van der Waals surface area (Å²) in [4.78, 5) is 0. The highest BCUT2D eigenvalue weighted by molar-refractivity contribution is 5.19. The summed E-state index contributed by atoms with van der Waals surface area (Å²) in [7, 11) is 0. The molecule has 2 heteroatoms. The van der Waals surface area contributed by atoms with Gasteiger partial charge in [0, 0.05) is 6.42 Å². The van der Waals surface area contributed by atoms with E-state index in [1.54, 1.807) is 0 Å². The molecule has 0 heterocycles. The van der Waals surface area contributed by atoms with Crippen molar-refractivity contribution in [3.05, 3.63) is 66.2 Å². The van der Waals surface area contributed by atoms with Crippen LogP contribution < -0.4 is 4.74 Å². The Hall–Kier alpha value is -1.80. The molecule has 1 radical (unpaired) electrons. The minimum atomic E-state index is 0.667. The average Bonchev–Trinajstić information content (AvgIpc) is 2.45. The molecule has 0 saturated heterocycles. The lowest BCUT2D eigenvalue weighted by Gasteiger charge is -2.06. The third kappa shape index (κ3) is 4.60. The van der Waals surface area contributed by atoms with Crippen molar-refractivity contribution in [2.75, 3.05) is 13.2 Å². The van der Waals surface area contributed by atoms with Crippen molar-refractivity contribution in [1.82, 2.24) is 0 Å². The first-order chi connectivity index (χ1) is 8.95. The number of ether oxygens (including phenoxy) is 2. The lowest BCUT2D eigenvalue weighted by atomic mass is 10.2. The second-order valence-electron chi connectivity index (χ2n) is 3.98. The molecule has 2 aromatic rings. The van der Waals surface area contributed by atoms with Gasteiger partial charge in [-0.05, 0) is 23.8 Å². The maximum atomic E-state index is 5.57. The van der Waals surface area contributed by atoms with Gasteiger partial charge in [-0.2, -0.15) is 0 Å². The summed E-state index contributed by atoms with van der Waals surface area (Å²) >= 11 is 0. The predicted molar refractivity (Wildman–Crippen MR) is 71.5 cm³/mol. The van der Waals surface area contributed by atoms with Crippen molar-refractivity contribution in [1.29, 1.82) is 0 Å². The quantitative estimate of drug-likeness (QED) is 0.691. The fourth-order valence-electron chi connectivity index (χ4n) is 1.58. The van der Waals surface area contributed by atoms with Gasteiger partial charge in [0.15, 0.2) is 0 Å². The van der Waals surface area contributed by atoms with Crippen molar-refractivity contribution < 1.29 is 9.47 Å². The molecule has 0 fully saturated rings. The van der Waals surface area contributed by atoms with Crippen LogP contribution in [-0.4, -0.2) is 13.2 Å². The fourth-order valence-corrected chi connectivity index (χ4v) is 1.58. The Bertz CT molecular complexity index is 382. The van der Waals surface area contributed by atoms with E-state index < -0.39 is 0 Å². The lowest BCUT2D eigenvalue weighted by molar-refractivity contribution is 0.107. The molecule has 0 aliphatic carbocycles. The van der Waals surface area contributed by atoms with Gasteiger partial charge in [-0.25, -0.2) is 0 Å². The van der Waals surface area contributed by atoms with Gasteiger partial charge in [0.1, 0.15) is 5.75 Å². The minimum absolute atomic E-state index is 0.667. The zero-order chi connectivity index (χ0) is 12.5. The normalized spacial score (nSPS) is 10.2. The number of benzene rings is 2. The van der Waals surface area contributed by atoms with Crippen molar-refractivity contribution in [2.45, 2.75) is 13.0 Å². The first-order valence-electron chi connectivity index (χ1n) is 6.16. The molecule has 18 heavy (non-hydrogen) atoms. The van der Waals surface area contributed by atoms with Crippen LogP contribution in [-0.2, 0) is 11.3 Å². The van der Waals surface area contributed by atoms with E-state index in [0.717, 1.165) is 12.2 Å². The zero-order valence-electron chi connectivity index (χ0n) is 10.3. The van der Waals surface area contributed by atoms with E-state index in [2.05, 4.69) is 18.2 Å². The average molecular weight is 241 g/mol. The van der Waals surface area contributed by atoms with Gasteiger partial charge >= 0.3 is 0 Å². The summed E-state index contributed by atoms with van der Waals surface area (Å²) in [6, 6.07) is 20.7. The van der Waals surface area contributed by atoms with Crippen LogP contribution in [0.25, 0.3) is 0 Å². The maximum Gasteiger partial charge on any atom is 0.119 e. The van der Waals surface area contributed by atoms with Crippen LogP contribution in [0.4, 0.5) is 0 Å². The molecular weight excluding hydrogens is 224 g/mol. The predicted octanol–water partition coefficient (Wildman–Crippen LogP) is 3.47. The first-order valence-corrected chi connectivity index (χ1v) is 6.16. The first kappa shape index (κ1) is 12.7. The van der Waals surface area contributed by atoms with Gasteiger partial charge in [-0.3, -0.25) is 0 Å². The SMILES string of the molecule is [c]1cccc(OCCCOCc2ccccc2)c1. The van der Waals surface area contributed by atoms with E-state index in [9.17, 15) is 0 Å². The zero-order valence-corrected chi connectivity index (χ0v) is 10.3. The van der Waals surface area contributed by atoms with E-state index in [1.807, 2.05) is 42.5 Å². The van der Waals surface area contributed by atoms with Crippen molar-refractivity contribution in [3.63, 3.8) is 0 Å². The van der Waals surface area contributed by atoms with Crippen LogP contribution >= 0.6 is 0 Å². The second kappa shape index (κ2) is 7.51. The Kier molecular flexibility index (Phi) is 5.28. The molecule has 0 aliphatic heterocycles. The van der Waals surface area contributed by atoms with Gasteiger partial charge < -0.3 is 9.47 Å². The number of hydrogen-bond donors (Lipinski definition) is 0. The summed E-state index contributed by atoms with van der Waals surface area (Å²) in [6.45, 7) is 2.05. The summed E-state index contributed by atoms with van der Waals surface area (Å²) in [5.41, 5.74) is 1.20. The fraction of sp³-hybridized carbons (Fsp3) is 0.250. The third-order valence-electron chi connectivity index (χ3n) is 2.49. The van der Waals surface area contributed by atoms with Crippen LogP contribution in [0.3, 0.4) is 0 Å². The van der Waals surface area contributed by atoms with Crippen LogP contribution in [0.5, 0.6) is 5.75 Å². The second-order valence-corrected chi connectivity index (χ2v) is 3.98. The Labute approximate surface area is 108 Å². The monoisotopic (exact) mass is 241 g/mol. The topological polar surface area (TPSA) is 18.5 Å². The molecule has 0 spiro atoms. The summed E-state index contributed by atoms with van der Waals surface area (Å²) in [6.07, 6.45) is 0.891. The van der Waals surface area contributed by atoms with Crippen molar-refractivity contribution in [2.24, 2.45) is 0 Å². The highest BCUT2D eigenvalue weighted by Crippen LogP contribution is 2.08.